The summed E-state index contributed by atoms with van der Waals surface area (Å²) in [7, 11) is 0. The van der Waals surface area contributed by atoms with E-state index in [0.29, 0.717) is 13.2 Å². The summed E-state index contributed by atoms with van der Waals surface area (Å²) in [5, 5.41) is 3.56. The maximum atomic E-state index is 10.6. The van der Waals surface area contributed by atoms with E-state index in [1.165, 1.54) is 0 Å². The topological polar surface area (TPSA) is 40.4 Å². The van der Waals surface area contributed by atoms with Gasteiger partial charge >= 0.3 is 6.09 Å². The standard InChI is InChI=1S/C8H16NO2/c1-3-5-6-7-11-8(10)9-4-2/h3-7H2,1-2H3. The van der Waals surface area contributed by atoms with E-state index in [1.807, 2.05) is 6.92 Å². The summed E-state index contributed by atoms with van der Waals surface area (Å²) in [5.74, 6) is 0. The van der Waals surface area contributed by atoms with Gasteiger partial charge in [-0.3, -0.25) is 0 Å². The Bertz CT molecular complexity index is 104. The number of nitrogens with zero attached hydrogens (tertiary/aromatic N) is 1. The average molecular weight is 158 g/mol. The van der Waals surface area contributed by atoms with Crippen molar-refractivity contribution in [3.63, 3.8) is 0 Å². The zero-order valence-corrected chi connectivity index (χ0v) is 7.30. The fourth-order valence-corrected chi connectivity index (χ4v) is 0.686. The zero-order valence-electron chi connectivity index (χ0n) is 7.30. The van der Waals surface area contributed by atoms with Crippen molar-refractivity contribution in [2.45, 2.75) is 33.1 Å². The van der Waals surface area contributed by atoms with Gasteiger partial charge in [-0.1, -0.05) is 19.8 Å². The monoisotopic (exact) mass is 158 g/mol. The normalized spacial score (nSPS) is 9.27. The first-order chi connectivity index (χ1) is 5.31. The highest BCUT2D eigenvalue weighted by atomic mass is 16.5. The SMILES string of the molecule is CCCCCOC(=O)[N]CC. The Labute approximate surface area is 68.1 Å². The van der Waals surface area contributed by atoms with Gasteiger partial charge in [-0.15, -0.1) is 0 Å². The van der Waals surface area contributed by atoms with Crippen LogP contribution in [0.2, 0.25) is 0 Å². The molecule has 65 valence electrons. The Morgan fingerprint density at radius 1 is 1.36 bits per heavy atom. The largest absolute Gasteiger partial charge is 0.448 e. The van der Waals surface area contributed by atoms with Crippen molar-refractivity contribution in [3.8, 4) is 0 Å². The second-order valence-electron chi connectivity index (χ2n) is 2.30. The van der Waals surface area contributed by atoms with Crippen LogP contribution in [0.3, 0.4) is 0 Å². The lowest BCUT2D eigenvalue weighted by Gasteiger charge is -2.01. The number of ether oxygens (including phenoxy) is 1. The minimum Gasteiger partial charge on any atom is -0.448 e. The second kappa shape index (κ2) is 7.38. The van der Waals surface area contributed by atoms with Crippen LogP contribution in [0.5, 0.6) is 0 Å². The third kappa shape index (κ3) is 7.16. The lowest BCUT2D eigenvalue weighted by molar-refractivity contribution is 0.143. The lowest BCUT2D eigenvalue weighted by Crippen LogP contribution is -2.16. The van der Waals surface area contributed by atoms with E-state index < -0.39 is 6.09 Å². The number of amides is 1. The average Bonchev–Trinajstić information content (AvgIpc) is 1.99. The molecule has 0 fully saturated rings. The summed E-state index contributed by atoms with van der Waals surface area (Å²) in [6.07, 6.45) is 2.77. The van der Waals surface area contributed by atoms with E-state index in [1.54, 1.807) is 0 Å². The summed E-state index contributed by atoms with van der Waals surface area (Å²) in [6.45, 7) is 4.94. The molecule has 0 aromatic carbocycles. The van der Waals surface area contributed by atoms with Crippen LogP contribution >= 0.6 is 0 Å². The summed E-state index contributed by atoms with van der Waals surface area (Å²) >= 11 is 0. The third-order valence-corrected chi connectivity index (χ3v) is 1.26. The van der Waals surface area contributed by atoms with E-state index in [9.17, 15) is 4.79 Å². The first kappa shape index (κ1) is 10.3. The minimum absolute atomic E-state index is 0.427. The lowest BCUT2D eigenvalue weighted by atomic mass is 10.3. The molecule has 0 saturated heterocycles. The van der Waals surface area contributed by atoms with Crippen molar-refractivity contribution in [2.24, 2.45) is 0 Å². The Kier molecular flexibility index (Phi) is 6.89. The minimum atomic E-state index is -0.427. The van der Waals surface area contributed by atoms with Crippen LogP contribution in [0.4, 0.5) is 4.79 Å². The number of rotatable bonds is 5. The molecule has 11 heavy (non-hydrogen) atoms. The highest BCUT2D eigenvalue weighted by Gasteiger charge is 1.99. The maximum absolute atomic E-state index is 10.6. The Hall–Kier alpha value is -0.730. The van der Waals surface area contributed by atoms with Crippen LogP contribution in [-0.2, 0) is 4.74 Å². The van der Waals surface area contributed by atoms with Gasteiger partial charge in [0.25, 0.3) is 0 Å². The van der Waals surface area contributed by atoms with Crippen LogP contribution < -0.4 is 5.32 Å². The van der Waals surface area contributed by atoms with E-state index in [-0.39, 0.29) is 0 Å². The van der Waals surface area contributed by atoms with Gasteiger partial charge in [0, 0.05) is 6.54 Å². The van der Waals surface area contributed by atoms with Crippen LogP contribution in [-0.4, -0.2) is 19.2 Å². The quantitative estimate of drug-likeness (QED) is 0.573. The fourth-order valence-electron chi connectivity index (χ4n) is 0.686. The van der Waals surface area contributed by atoms with Crippen molar-refractivity contribution in [1.29, 1.82) is 0 Å². The van der Waals surface area contributed by atoms with Crippen molar-refractivity contribution in [3.05, 3.63) is 0 Å². The third-order valence-electron chi connectivity index (χ3n) is 1.26. The van der Waals surface area contributed by atoms with Crippen molar-refractivity contribution in [1.82, 2.24) is 5.32 Å². The molecule has 1 amide bonds. The van der Waals surface area contributed by atoms with E-state index in [4.69, 9.17) is 4.74 Å². The highest BCUT2D eigenvalue weighted by Crippen LogP contribution is 1.94. The molecule has 1 radical (unpaired) electrons. The fraction of sp³-hybridized carbons (Fsp3) is 0.875. The number of hydrogen-bond acceptors (Lipinski definition) is 2. The summed E-state index contributed by atoms with van der Waals surface area (Å²) in [6, 6.07) is 0. The van der Waals surface area contributed by atoms with Crippen LogP contribution in [0.1, 0.15) is 33.1 Å². The van der Waals surface area contributed by atoms with Gasteiger partial charge < -0.3 is 4.74 Å². The maximum Gasteiger partial charge on any atom is 0.428 e. The van der Waals surface area contributed by atoms with E-state index in [2.05, 4.69) is 12.2 Å². The van der Waals surface area contributed by atoms with Gasteiger partial charge in [-0.05, 0) is 13.3 Å². The molecule has 3 heteroatoms. The molecule has 0 atom stereocenters. The van der Waals surface area contributed by atoms with Gasteiger partial charge in [-0.25, -0.2) is 10.1 Å². The number of carbonyl (C=O) groups is 1. The molecule has 0 aromatic rings. The molecule has 0 saturated carbocycles. The predicted octanol–water partition coefficient (Wildman–Crippen LogP) is 1.94. The molecule has 3 nitrogen and oxygen atoms in total. The Balaban J connectivity index is 3.04. The first-order valence-electron chi connectivity index (χ1n) is 4.15. The summed E-state index contributed by atoms with van der Waals surface area (Å²) < 4.78 is 4.78. The van der Waals surface area contributed by atoms with Crippen molar-refractivity contribution < 1.29 is 9.53 Å². The van der Waals surface area contributed by atoms with E-state index >= 15 is 0 Å². The molecular formula is C8H16NO2. The molecule has 0 aliphatic rings. The van der Waals surface area contributed by atoms with E-state index in [0.717, 1.165) is 19.3 Å². The van der Waals surface area contributed by atoms with Crippen molar-refractivity contribution >= 4 is 6.09 Å². The molecule has 0 heterocycles. The van der Waals surface area contributed by atoms with Gasteiger partial charge in [0.1, 0.15) is 0 Å². The summed E-state index contributed by atoms with van der Waals surface area (Å²) in [4.78, 5) is 10.6. The highest BCUT2D eigenvalue weighted by molar-refractivity contribution is 5.66. The number of unbranched alkanes of at least 4 members (excludes halogenated alkanes) is 2. The molecule has 0 N–H and O–H groups in total. The second-order valence-corrected chi connectivity index (χ2v) is 2.30. The molecule has 0 bridgehead atoms. The Morgan fingerprint density at radius 2 is 2.09 bits per heavy atom. The van der Waals surface area contributed by atoms with Crippen LogP contribution in [0.25, 0.3) is 0 Å². The van der Waals surface area contributed by atoms with Crippen molar-refractivity contribution in [2.75, 3.05) is 13.2 Å². The Morgan fingerprint density at radius 3 is 2.64 bits per heavy atom. The summed E-state index contributed by atoms with van der Waals surface area (Å²) in [5.41, 5.74) is 0. The molecule has 0 aliphatic carbocycles. The molecule has 0 aromatic heterocycles. The molecule has 0 unspecified atom stereocenters. The van der Waals surface area contributed by atoms with Gasteiger partial charge in [0.2, 0.25) is 0 Å². The molecule has 0 aliphatic heterocycles. The smallest absolute Gasteiger partial charge is 0.428 e. The zero-order chi connectivity index (χ0) is 8.53. The first-order valence-corrected chi connectivity index (χ1v) is 4.15. The predicted molar refractivity (Wildman–Crippen MR) is 43.5 cm³/mol. The van der Waals surface area contributed by atoms with Gasteiger partial charge in [0.15, 0.2) is 0 Å². The van der Waals surface area contributed by atoms with Crippen LogP contribution in [0.15, 0.2) is 0 Å². The number of carbonyl (C=O) groups excluding carboxylic acids is 1. The number of hydrogen-bond donors (Lipinski definition) is 0. The van der Waals surface area contributed by atoms with Crippen LogP contribution in [0, 0.1) is 0 Å². The molecular weight excluding hydrogens is 142 g/mol. The molecule has 0 spiro atoms. The molecule has 0 rings (SSSR count). The van der Waals surface area contributed by atoms with Gasteiger partial charge in [0.05, 0.1) is 6.61 Å². The van der Waals surface area contributed by atoms with Gasteiger partial charge in [-0.2, -0.15) is 0 Å².